The van der Waals surface area contributed by atoms with Crippen LogP contribution >= 0.6 is 0 Å². The molecule has 2 N–H and O–H groups in total. The SMILES string of the molecule is CCCCCC(=O)N(C)C(=O)[C@H](CC(=O)O)NS(=O)(=O)c1ccc2ccccc2c1. The van der Waals surface area contributed by atoms with Gasteiger partial charge in [-0.05, 0) is 29.3 Å². The van der Waals surface area contributed by atoms with Gasteiger partial charge in [-0.3, -0.25) is 19.3 Å². The lowest BCUT2D eigenvalue weighted by Crippen LogP contribution is -2.49. The molecule has 2 aromatic rings. The Balaban J connectivity index is 2.23. The largest absolute Gasteiger partial charge is 0.481 e. The Morgan fingerprint density at radius 1 is 1.07 bits per heavy atom. The molecule has 2 amide bonds. The lowest BCUT2D eigenvalue weighted by molar-refractivity contribution is -0.147. The van der Waals surface area contributed by atoms with Gasteiger partial charge in [0.05, 0.1) is 11.3 Å². The highest BCUT2D eigenvalue weighted by molar-refractivity contribution is 7.89. The minimum atomic E-state index is -4.19. The molecule has 1 atom stereocenters. The molecular formula is C21H26N2O6S. The van der Waals surface area contributed by atoms with Crippen LogP contribution in [0.25, 0.3) is 10.8 Å². The van der Waals surface area contributed by atoms with Crippen molar-refractivity contribution in [1.29, 1.82) is 0 Å². The highest BCUT2D eigenvalue weighted by atomic mass is 32.2. The average Bonchev–Trinajstić information content (AvgIpc) is 2.71. The number of carboxylic acid groups (broad SMARTS) is 1. The normalized spacial score (nSPS) is 12.5. The number of aliphatic carboxylic acids is 1. The molecule has 0 fully saturated rings. The second-order valence-corrected chi connectivity index (χ2v) is 8.74. The molecule has 0 aliphatic heterocycles. The van der Waals surface area contributed by atoms with Crippen LogP contribution in [0, 0.1) is 0 Å². The van der Waals surface area contributed by atoms with E-state index in [1.807, 2.05) is 19.1 Å². The zero-order valence-corrected chi connectivity index (χ0v) is 17.8. The first kappa shape index (κ1) is 23.5. The van der Waals surface area contributed by atoms with E-state index in [-0.39, 0.29) is 11.3 Å². The third-order valence-corrected chi connectivity index (χ3v) is 6.17. The van der Waals surface area contributed by atoms with Gasteiger partial charge in [0.2, 0.25) is 21.8 Å². The second kappa shape index (κ2) is 10.3. The highest BCUT2D eigenvalue weighted by Gasteiger charge is 2.32. The number of carbonyl (C=O) groups is 3. The number of likely N-dealkylation sites (N-methyl/N-ethyl adjacent to an activating group) is 1. The first-order chi connectivity index (χ1) is 14.2. The molecule has 9 heteroatoms. The van der Waals surface area contributed by atoms with Crippen molar-refractivity contribution in [3.05, 3.63) is 42.5 Å². The minimum Gasteiger partial charge on any atom is -0.481 e. The van der Waals surface area contributed by atoms with Crippen molar-refractivity contribution in [1.82, 2.24) is 9.62 Å². The summed E-state index contributed by atoms with van der Waals surface area (Å²) >= 11 is 0. The number of carbonyl (C=O) groups excluding carboxylic acids is 2. The van der Waals surface area contributed by atoms with E-state index in [0.717, 1.165) is 23.1 Å². The van der Waals surface area contributed by atoms with Gasteiger partial charge in [-0.25, -0.2) is 8.42 Å². The summed E-state index contributed by atoms with van der Waals surface area (Å²) < 4.78 is 27.8. The molecule has 0 unspecified atom stereocenters. The molecule has 0 bridgehead atoms. The third kappa shape index (κ3) is 6.11. The van der Waals surface area contributed by atoms with Crippen LogP contribution in [0.4, 0.5) is 0 Å². The van der Waals surface area contributed by atoms with E-state index in [9.17, 15) is 22.8 Å². The fraction of sp³-hybridized carbons (Fsp3) is 0.381. The number of carboxylic acids is 1. The van der Waals surface area contributed by atoms with Crippen LogP contribution in [0.3, 0.4) is 0 Å². The fourth-order valence-corrected chi connectivity index (χ4v) is 4.22. The first-order valence-electron chi connectivity index (χ1n) is 9.69. The molecule has 0 heterocycles. The third-order valence-electron chi connectivity index (χ3n) is 4.70. The number of hydrogen-bond donors (Lipinski definition) is 2. The summed E-state index contributed by atoms with van der Waals surface area (Å²) in [4.78, 5) is 36.8. The monoisotopic (exact) mass is 434 g/mol. The standard InChI is InChI=1S/C21H26N2O6S/c1-3-4-5-10-19(24)23(2)21(27)18(14-20(25)26)22-30(28,29)17-12-11-15-8-6-7-9-16(15)13-17/h6-9,11-13,18,22H,3-5,10,14H2,1-2H3,(H,25,26)/t18-/m0/s1. The summed E-state index contributed by atoms with van der Waals surface area (Å²) in [6, 6.07) is 10.0. The van der Waals surface area contributed by atoms with Crippen molar-refractivity contribution in [2.45, 2.75) is 50.0 Å². The topological polar surface area (TPSA) is 121 Å². The van der Waals surface area contributed by atoms with Gasteiger partial charge < -0.3 is 5.11 Å². The number of sulfonamides is 1. The molecule has 0 saturated heterocycles. The fourth-order valence-electron chi connectivity index (χ4n) is 2.99. The number of nitrogens with zero attached hydrogens (tertiary/aromatic N) is 1. The molecular weight excluding hydrogens is 408 g/mol. The molecule has 30 heavy (non-hydrogen) atoms. The van der Waals surface area contributed by atoms with Gasteiger partial charge in [0.15, 0.2) is 0 Å². The number of rotatable bonds is 10. The summed E-state index contributed by atoms with van der Waals surface area (Å²) in [5.74, 6) is -2.74. The number of amides is 2. The Hall–Kier alpha value is -2.78. The second-order valence-electron chi connectivity index (χ2n) is 7.03. The van der Waals surface area contributed by atoms with E-state index in [1.165, 1.54) is 19.2 Å². The van der Waals surface area contributed by atoms with Crippen LogP contribution in [0.2, 0.25) is 0 Å². The summed E-state index contributed by atoms with van der Waals surface area (Å²) in [5, 5.41) is 10.7. The lowest BCUT2D eigenvalue weighted by atomic mass is 10.1. The maximum Gasteiger partial charge on any atom is 0.305 e. The molecule has 0 spiro atoms. The zero-order chi connectivity index (χ0) is 22.3. The maximum absolute atomic E-state index is 12.8. The van der Waals surface area contributed by atoms with Crippen molar-refractivity contribution in [2.75, 3.05) is 7.05 Å². The Morgan fingerprint density at radius 2 is 1.73 bits per heavy atom. The van der Waals surface area contributed by atoms with E-state index in [0.29, 0.717) is 11.8 Å². The van der Waals surface area contributed by atoms with Crippen molar-refractivity contribution in [3.8, 4) is 0 Å². The molecule has 2 aromatic carbocycles. The molecule has 0 aromatic heterocycles. The number of nitrogens with one attached hydrogen (secondary N) is 1. The van der Waals surface area contributed by atoms with Crippen molar-refractivity contribution < 1.29 is 27.9 Å². The number of imide groups is 1. The van der Waals surface area contributed by atoms with Gasteiger partial charge in [0.1, 0.15) is 6.04 Å². The van der Waals surface area contributed by atoms with Crippen molar-refractivity contribution >= 4 is 38.6 Å². The predicted octanol–water partition coefficient (Wildman–Crippen LogP) is 2.53. The molecule has 8 nitrogen and oxygen atoms in total. The van der Waals surface area contributed by atoms with Crippen LogP contribution in [0.15, 0.2) is 47.4 Å². The van der Waals surface area contributed by atoms with Gasteiger partial charge in [-0.15, -0.1) is 0 Å². The van der Waals surface area contributed by atoms with Crippen LogP contribution < -0.4 is 4.72 Å². The summed E-state index contributed by atoms with van der Waals surface area (Å²) in [5.41, 5.74) is 0. The molecule has 162 valence electrons. The van der Waals surface area contributed by atoms with E-state index in [2.05, 4.69) is 4.72 Å². The van der Waals surface area contributed by atoms with Gasteiger partial charge >= 0.3 is 5.97 Å². The lowest BCUT2D eigenvalue weighted by Gasteiger charge is -2.22. The van der Waals surface area contributed by atoms with Gasteiger partial charge in [0, 0.05) is 13.5 Å². The molecule has 2 rings (SSSR count). The summed E-state index contributed by atoms with van der Waals surface area (Å²) in [6.07, 6.45) is 1.67. The Kier molecular flexibility index (Phi) is 8.08. The smallest absolute Gasteiger partial charge is 0.305 e. The van der Waals surface area contributed by atoms with Gasteiger partial charge in [0.25, 0.3) is 0 Å². The Bertz CT molecular complexity index is 1030. The number of benzene rings is 2. The van der Waals surface area contributed by atoms with E-state index >= 15 is 0 Å². The minimum absolute atomic E-state index is 0.0960. The number of unbranched alkanes of at least 4 members (excludes halogenated alkanes) is 2. The van der Waals surface area contributed by atoms with Crippen LogP contribution in [0.1, 0.15) is 39.0 Å². The van der Waals surface area contributed by atoms with E-state index in [4.69, 9.17) is 5.11 Å². The molecule has 0 aliphatic carbocycles. The van der Waals surface area contributed by atoms with Gasteiger partial charge in [-0.2, -0.15) is 4.72 Å². The summed E-state index contributed by atoms with van der Waals surface area (Å²) in [6.45, 7) is 1.98. The average molecular weight is 435 g/mol. The van der Waals surface area contributed by atoms with Crippen LogP contribution in [0.5, 0.6) is 0 Å². The predicted molar refractivity (Wildman–Crippen MR) is 112 cm³/mol. The van der Waals surface area contributed by atoms with E-state index in [1.54, 1.807) is 18.2 Å². The maximum atomic E-state index is 12.8. The van der Waals surface area contributed by atoms with Crippen LogP contribution in [-0.2, 0) is 24.4 Å². The van der Waals surface area contributed by atoms with E-state index < -0.39 is 40.3 Å². The zero-order valence-electron chi connectivity index (χ0n) is 17.0. The van der Waals surface area contributed by atoms with Crippen molar-refractivity contribution in [3.63, 3.8) is 0 Å². The first-order valence-corrected chi connectivity index (χ1v) is 11.2. The molecule has 0 saturated carbocycles. The van der Waals surface area contributed by atoms with Crippen LogP contribution in [-0.4, -0.2) is 49.3 Å². The number of hydrogen-bond acceptors (Lipinski definition) is 5. The number of fused-ring (bicyclic) bond motifs is 1. The quantitative estimate of drug-likeness (QED) is 0.554. The highest BCUT2D eigenvalue weighted by Crippen LogP contribution is 2.19. The van der Waals surface area contributed by atoms with Crippen molar-refractivity contribution in [2.24, 2.45) is 0 Å². The van der Waals surface area contributed by atoms with Gasteiger partial charge in [-0.1, -0.05) is 50.1 Å². The Labute approximate surface area is 175 Å². The summed E-state index contributed by atoms with van der Waals surface area (Å²) in [7, 11) is -2.96. The molecule has 0 aliphatic rings. The Morgan fingerprint density at radius 3 is 2.37 bits per heavy atom. The molecule has 0 radical (unpaired) electrons.